The number of carboxylic acid groups (broad SMARTS) is 1. The molecule has 0 saturated heterocycles. The van der Waals surface area contributed by atoms with E-state index in [-0.39, 0.29) is 12.5 Å². The largest absolute Gasteiger partial charge is 0.481 e. The number of hydrogen-bond acceptors (Lipinski definition) is 2. The number of fused-ring (bicyclic) bond motifs is 1. The van der Waals surface area contributed by atoms with Gasteiger partial charge in [0, 0.05) is 18.7 Å². The SMILES string of the molecule is O=C(O)[C@H]1CN(C(=O)C[C@@H]2C=CCC2)c2ccccc21. The first kappa shape index (κ1) is 12.9. The van der Waals surface area contributed by atoms with Crippen LogP contribution in [0.1, 0.15) is 30.7 Å². The van der Waals surface area contributed by atoms with Crippen LogP contribution in [-0.2, 0) is 9.59 Å². The standard InChI is InChI=1S/C16H17NO3/c18-15(9-11-5-1-2-6-11)17-10-13(16(19)20)12-7-3-4-8-14(12)17/h1,3-5,7-8,11,13H,2,6,9-10H2,(H,19,20)/t11-,13+/m1/s1. The highest BCUT2D eigenvalue weighted by Crippen LogP contribution is 2.37. The summed E-state index contributed by atoms with van der Waals surface area (Å²) in [6.45, 7) is 0.254. The monoisotopic (exact) mass is 271 g/mol. The van der Waals surface area contributed by atoms with Gasteiger partial charge < -0.3 is 10.0 Å². The number of hydrogen-bond donors (Lipinski definition) is 1. The lowest BCUT2D eigenvalue weighted by Gasteiger charge is -2.19. The minimum absolute atomic E-state index is 0.0257. The number of nitrogens with zero attached hydrogens (tertiary/aromatic N) is 1. The van der Waals surface area contributed by atoms with E-state index >= 15 is 0 Å². The highest BCUT2D eigenvalue weighted by Gasteiger charge is 2.36. The number of amides is 1. The topological polar surface area (TPSA) is 57.6 Å². The van der Waals surface area contributed by atoms with Gasteiger partial charge in [0.05, 0.1) is 0 Å². The summed E-state index contributed by atoms with van der Waals surface area (Å²) in [5.74, 6) is -1.14. The van der Waals surface area contributed by atoms with Crippen molar-refractivity contribution >= 4 is 17.6 Å². The van der Waals surface area contributed by atoms with Crippen molar-refractivity contribution in [2.24, 2.45) is 5.92 Å². The average Bonchev–Trinajstić information content (AvgIpc) is 3.05. The third-order valence-electron chi connectivity index (χ3n) is 4.12. The number of carbonyl (C=O) groups excluding carboxylic acids is 1. The molecule has 0 radical (unpaired) electrons. The normalized spacial score (nSPS) is 23.9. The van der Waals surface area contributed by atoms with Crippen LogP contribution in [0.4, 0.5) is 5.69 Å². The third kappa shape index (κ3) is 2.22. The molecule has 2 atom stereocenters. The Labute approximate surface area is 117 Å². The van der Waals surface area contributed by atoms with E-state index in [1.807, 2.05) is 18.2 Å². The summed E-state index contributed by atoms with van der Waals surface area (Å²) in [5.41, 5.74) is 1.50. The van der Waals surface area contributed by atoms with Crippen molar-refractivity contribution in [2.75, 3.05) is 11.4 Å². The summed E-state index contributed by atoms with van der Waals surface area (Å²) in [6, 6.07) is 7.30. The number of allylic oxidation sites excluding steroid dienone is 2. The molecule has 0 bridgehead atoms. The van der Waals surface area contributed by atoms with Crippen molar-refractivity contribution in [3.05, 3.63) is 42.0 Å². The van der Waals surface area contributed by atoms with Crippen molar-refractivity contribution in [1.29, 1.82) is 0 Å². The number of carboxylic acids is 1. The molecule has 1 N–H and O–H groups in total. The summed E-state index contributed by atoms with van der Waals surface area (Å²) in [4.78, 5) is 25.4. The fourth-order valence-corrected chi connectivity index (χ4v) is 3.05. The Morgan fingerprint density at radius 1 is 1.30 bits per heavy atom. The molecule has 1 aliphatic carbocycles. The molecule has 0 fully saturated rings. The molecule has 1 aromatic rings. The van der Waals surface area contributed by atoms with E-state index in [0.717, 1.165) is 24.1 Å². The second kappa shape index (κ2) is 5.12. The van der Waals surface area contributed by atoms with Gasteiger partial charge in [-0.1, -0.05) is 30.4 Å². The van der Waals surface area contributed by atoms with E-state index in [1.54, 1.807) is 11.0 Å². The maximum atomic E-state index is 12.4. The Kier molecular flexibility index (Phi) is 3.30. The van der Waals surface area contributed by atoms with Crippen LogP contribution in [0.25, 0.3) is 0 Å². The van der Waals surface area contributed by atoms with Gasteiger partial charge in [-0.15, -0.1) is 0 Å². The van der Waals surface area contributed by atoms with Gasteiger partial charge in [0.2, 0.25) is 5.91 Å². The first-order chi connectivity index (χ1) is 9.66. The highest BCUT2D eigenvalue weighted by molar-refractivity contribution is 5.99. The van der Waals surface area contributed by atoms with Gasteiger partial charge in [-0.3, -0.25) is 9.59 Å². The second-order valence-corrected chi connectivity index (χ2v) is 5.42. The van der Waals surface area contributed by atoms with Crippen LogP contribution < -0.4 is 4.90 Å². The zero-order chi connectivity index (χ0) is 14.1. The molecule has 104 valence electrons. The predicted octanol–water partition coefficient (Wildman–Crippen LogP) is 2.56. The highest BCUT2D eigenvalue weighted by atomic mass is 16.4. The summed E-state index contributed by atoms with van der Waals surface area (Å²) < 4.78 is 0. The Balaban J connectivity index is 1.82. The Morgan fingerprint density at radius 2 is 2.10 bits per heavy atom. The van der Waals surface area contributed by atoms with Crippen molar-refractivity contribution in [3.8, 4) is 0 Å². The van der Waals surface area contributed by atoms with Crippen LogP contribution in [0, 0.1) is 5.92 Å². The Bertz CT molecular complexity index is 579. The van der Waals surface area contributed by atoms with Crippen LogP contribution in [0.5, 0.6) is 0 Å². The molecule has 1 aliphatic heterocycles. The van der Waals surface area contributed by atoms with Gasteiger partial charge in [0.25, 0.3) is 0 Å². The molecule has 2 aliphatic rings. The molecule has 1 heterocycles. The average molecular weight is 271 g/mol. The van der Waals surface area contributed by atoms with Crippen molar-refractivity contribution in [1.82, 2.24) is 0 Å². The molecule has 20 heavy (non-hydrogen) atoms. The van der Waals surface area contributed by atoms with Crippen LogP contribution in [0.2, 0.25) is 0 Å². The molecule has 4 heteroatoms. The van der Waals surface area contributed by atoms with Crippen LogP contribution in [0.3, 0.4) is 0 Å². The molecule has 1 aromatic carbocycles. The van der Waals surface area contributed by atoms with Crippen molar-refractivity contribution in [3.63, 3.8) is 0 Å². The van der Waals surface area contributed by atoms with E-state index in [2.05, 4.69) is 12.2 Å². The lowest BCUT2D eigenvalue weighted by Crippen LogP contribution is -2.32. The molecule has 0 aromatic heterocycles. The van der Waals surface area contributed by atoms with Gasteiger partial charge in [-0.05, 0) is 30.4 Å². The van der Waals surface area contributed by atoms with E-state index in [0.29, 0.717) is 12.3 Å². The number of rotatable bonds is 3. The number of aliphatic carboxylic acids is 1. The maximum Gasteiger partial charge on any atom is 0.312 e. The zero-order valence-electron chi connectivity index (χ0n) is 11.2. The molecular weight excluding hydrogens is 254 g/mol. The first-order valence-corrected chi connectivity index (χ1v) is 6.95. The molecule has 0 saturated carbocycles. The van der Waals surface area contributed by atoms with Gasteiger partial charge in [-0.25, -0.2) is 0 Å². The summed E-state index contributed by atoms with van der Waals surface area (Å²) >= 11 is 0. The number of benzene rings is 1. The molecule has 0 unspecified atom stereocenters. The lowest BCUT2D eigenvalue weighted by atomic mass is 10.0. The summed E-state index contributed by atoms with van der Waals surface area (Å²) in [7, 11) is 0. The Hall–Kier alpha value is -2.10. The molecule has 3 rings (SSSR count). The van der Waals surface area contributed by atoms with Gasteiger partial charge >= 0.3 is 5.97 Å². The van der Waals surface area contributed by atoms with Crippen molar-refractivity contribution < 1.29 is 14.7 Å². The molecule has 0 spiro atoms. The minimum atomic E-state index is -0.867. The van der Waals surface area contributed by atoms with Crippen LogP contribution >= 0.6 is 0 Å². The van der Waals surface area contributed by atoms with E-state index < -0.39 is 11.9 Å². The Morgan fingerprint density at radius 3 is 2.80 bits per heavy atom. The van der Waals surface area contributed by atoms with E-state index in [1.165, 1.54) is 0 Å². The summed E-state index contributed by atoms with van der Waals surface area (Å²) in [5, 5.41) is 9.29. The number of anilines is 1. The maximum absolute atomic E-state index is 12.4. The number of para-hydroxylation sites is 1. The zero-order valence-corrected chi connectivity index (χ0v) is 11.2. The summed E-state index contributed by atoms with van der Waals surface area (Å²) in [6.07, 6.45) is 6.72. The van der Waals surface area contributed by atoms with Gasteiger partial charge in [0.15, 0.2) is 0 Å². The quantitative estimate of drug-likeness (QED) is 0.859. The van der Waals surface area contributed by atoms with Crippen LogP contribution in [-0.4, -0.2) is 23.5 Å². The minimum Gasteiger partial charge on any atom is -0.481 e. The fraction of sp³-hybridized carbons (Fsp3) is 0.375. The van der Waals surface area contributed by atoms with Crippen LogP contribution in [0.15, 0.2) is 36.4 Å². The third-order valence-corrected chi connectivity index (χ3v) is 4.12. The predicted molar refractivity (Wildman–Crippen MR) is 75.7 cm³/mol. The van der Waals surface area contributed by atoms with E-state index in [9.17, 15) is 14.7 Å². The smallest absolute Gasteiger partial charge is 0.312 e. The molecular formula is C16H17NO3. The first-order valence-electron chi connectivity index (χ1n) is 6.95. The molecule has 4 nitrogen and oxygen atoms in total. The lowest BCUT2D eigenvalue weighted by molar-refractivity contribution is -0.138. The number of carbonyl (C=O) groups is 2. The molecule has 1 amide bonds. The van der Waals surface area contributed by atoms with E-state index in [4.69, 9.17) is 0 Å². The second-order valence-electron chi connectivity index (χ2n) is 5.42. The van der Waals surface area contributed by atoms with Crippen molar-refractivity contribution in [2.45, 2.75) is 25.2 Å². The van der Waals surface area contributed by atoms with Gasteiger partial charge in [0.1, 0.15) is 5.92 Å². The van der Waals surface area contributed by atoms with Gasteiger partial charge in [-0.2, -0.15) is 0 Å². The fourth-order valence-electron chi connectivity index (χ4n) is 3.05.